The highest BCUT2D eigenvalue weighted by Gasteiger charge is 2.19. The van der Waals surface area contributed by atoms with Crippen LogP contribution in [0.25, 0.3) is 0 Å². The summed E-state index contributed by atoms with van der Waals surface area (Å²) in [5.41, 5.74) is 0. The zero-order valence-corrected chi connectivity index (χ0v) is 25.3. The second kappa shape index (κ2) is 24.1. The molecule has 0 radical (unpaired) electrons. The number of hydrogen-bond donors (Lipinski definition) is 6. The lowest BCUT2D eigenvalue weighted by Gasteiger charge is -2.14. The van der Waals surface area contributed by atoms with Crippen molar-refractivity contribution in [3.05, 3.63) is 0 Å². The predicted molar refractivity (Wildman–Crippen MR) is 158 cm³/mol. The number of amides is 2. The summed E-state index contributed by atoms with van der Waals surface area (Å²) < 4.78 is 17.3. The number of carboxylic acids is 2. The highest BCUT2D eigenvalue weighted by molar-refractivity contribution is 8.23. The molecule has 0 aromatic rings. The molecule has 39 heavy (non-hydrogen) atoms. The number of carbonyl (C=O) groups is 4. The summed E-state index contributed by atoms with van der Waals surface area (Å²) >= 11 is 12.6. The van der Waals surface area contributed by atoms with Gasteiger partial charge < -0.3 is 45.7 Å². The van der Waals surface area contributed by atoms with Crippen LogP contribution in [0, 0.1) is 0 Å². The van der Waals surface area contributed by atoms with Crippen molar-refractivity contribution in [3.63, 3.8) is 0 Å². The van der Waals surface area contributed by atoms with Gasteiger partial charge in [0.1, 0.15) is 20.7 Å². The quantitative estimate of drug-likeness (QED) is 0.0704. The molecule has 2 amide bonds. The zero-order valence-electron chi connectivity index (χ0n) is 22.0. The molecule has 0 heterocycles. The summed E-state index contributed by atoms with van der Waals surface area (Å²) in [6.07, 6.45) is 1.42. The van der Waals surface area contributed by atoms with Gasteiger partial charge in [-0.3, -0.25) is 9.59 Å². The van der Waals surface area contributed by atoms with Crippen LogP contribution >= 0.6 is 48.0 Å². The van der Waals surface area contributed by atoms with Gasteiger partial charge in [0.25, 0.3) is 0 Å². The van der Waals surface area contributed by atoms with E-state index in [4.69, 9.17) is 48.9 Å². The number of carbonyl (C=O) groups excluding carboxylic acids is 2. The van der Waals surface area contributed by atoms with Gasteiger partial charge in [0.2, 0.25) is 11.8 Å². The molecule has 0 bridgehead atoms. The van der Waals surface area contributed by atoms with Crippen molar-refractivity contribution in [2.75, 3.05) is 64.2 Å². The molecule has 13 nitrogen and oxygen atoms in total. The molecule has 0 spiro atoms. The van der Waals surface area contributed by atoms with Gasteiger partial charge in [-0.2, -0.15) is 0 Å². The third-order valence-electron chi connectivity index (χ3n) is 4.33. The minimum absolute atomic E-state index is 0.140. The Morgan fingerprint density at radius 3 is 1.31 bits per heavy atom. The van der Waals surface area contributed by atoms with Gasteiger partial charge in [-0.15, -0.1) is 0 Å². The Hall–Kier alpha value is -1.76. The monoisotopic (exact) mass is 630 g/mol. The lowest BCUT2D eigenvalue weighted by molar-refractivity contribution is -0.141. The van der Waals surface area contributed by atoms with Crippen LogP contribution in [0.3, 0.4) is 0 Å². The summed E-state index contributed by atoms with van der Waals surface area (Å²) in [5, 5.41) is 28.9. The van der Waals surface area contributed by atoms with Gasteiger partial charge in [0, 0.05) is 51.7 Å². The number of thioether (sulfide) groups is 2. The molecule has 0 saturated carbocycles. The van der Waals surface area contributed by atoms with Crippen molar-refractivity contribution in [1.82, 2.24) is 21.3 Å². The first-order chi connectivity index (χ1) is 18.5. The van der Waals surface area contributed by atoms with Crippen molar-refractivity contribution >= 4 is 80.4 Å². The lowest BCUT2D eigenvalue weighted by atomic mass is 10.3. The fourth-order valence-corrected chi connectivity index (χ4v) is 4.64. The number of carboxylic acid groups (broad SMARTS) is 2. The SMILES string of the molecule is CC(=O)N[C@@H](CSC(=S)NCCCOCCOCCOCCCNC(=S)SC[C@H](NC(C)=O)C(=O)O)C(=O)O. The largest absolute Gasteiger partial charge is 0.480 e. The summed E-state index contributed by atoms with van der Waals surface area (Å²) in [7, 11) is 0. The summed E-state index contributed by atoms with van der Waals surface area (Å²) in [4.78, 5) is 44.2. The fourth-order valence-electron chi connectivity index (χ4n) is 2.53. The Kier molecular flexibility index (Phi) is 23.0. The van der Waals surface area contributed by atoms with E-state index in [-0.39, 0.29) is 11.5 Å². The first kappa shape index (κ1) is 37.2. The van der Waals surface area contributed by atoms with Crippen LogP contribution in [0.2, 0.25) is 0 Å². The van der Waals surface area contributed by atoms with Crippen LogP contribution in [0.1, 0.15) is 26.7 Å². The van der Waals surface area contributed by atoms with E-state index in [0.717, 1.165) is 23.5 Å². The fraction of sp³-hybridized carbons (Fsp3) is 0.727. The summed E-state index contributed by atoms with van der Waals surface area (Å²) in [6.45, 7) is 6.48. The second-order valence-corrected chi connectivity index (χ2v) is 11.2. The number of rotatable bonds is 22. The average molecular weight is 631 g/mol. The number of ether oxygens (including phenoxy) is 3. The number of thiocarbonyl (C=S) groups is 2. The van der Waals surface area contributed by atoms with E-state index < -0.39 is 35.8 Å². The topological polar surface area (TPSA) is 185 Å². The molecule has 0 aliphatic carbocycles. The molecule has 224 valence electrons. The van der Waals surface area contributed by atoms with Crippen molar-refractivity contribution < 1.29 is 43.6 Å². The van der Waals surface area contributed by atoms with Crippen LogP contribution < -0.4 is 21.3 Å². The highest BCUT2D eigenvalue weighted by atomic mass is 32.2. The third-order valence-corrected chi connectivity index (χ3v) is 7.14. The summed E-state index contributed by atoms with van der Waals surface area (Å²) in [6, 6.07) is -1.98. The normalized spacial score (nSPS) is 12.2. The maximum absolute atomic E-state index is 11.1. The van der Waals surface area contributed by atoms with Crippen molar-refractivity contribution in [1.29, 1.82) is 0 Å². The lowest BCUT2D eigenvalue weighted by Crippen LogP contribution is -2.42. The molecule has 6 N–H and O–H groups in total. The van der Waals surface area contributed by atoms with Crippen LogP contribution in [0.15, 0.2) is 0 Å². The van der Waals surface area contributed by atoms with E-state index >= 15 is 0 Å². The molecular formula is C22H38N4O9S4. The maximum Gasteiger partial charge on any atom is 0.327 e. The van der Waals surface area contributed by atoms with Crippen LogP contribution in [0.5, 0.6) is 0 Å². The molecule has 0 saturated heterocycles. The Bertz CT molecular complexity index is 731. The van der Waals surface area contributed by atoms with Crippen LogP contribution in [-0.2, 0) is 33.4 Å². The van der Waals surface area contributed by atoms with Crippen molar-refractivity contribution in [2.45, 2.75) is 38.8 Å². The minimum atomic E-state index is -1.11. The second-order valence-electron chi connectivity index (χ2n) is 7.78. The van der Waals surface area contributed by atoms with Gasteiger partial charge in [-0.1, -0.05) is 48.0 Å². The molecule has 0 rings (SSSR count). The van der Waals surface area contributed by atoms with E-state index in [1.165, 1.54) is 13.8 Å². The Labute approximate surface area is 247 Å². The van der Waals surface area contributed by atoms with Gasteiger partial charge >= 0.3 is 11.9 Å². The molecule has 17 heteroatoms. The first-order valence-electron chi connectivity index (χ1n) is 12.1. The predicted octanol–water partition coefficient (Wildman–Crippen LogP) is 0.210. The Balaban J connectivity index is 3.53. The number of nitrogens with one attached hydrogen (secondary N) is 4. The first-order valence-corrected chi connectivity index (χ1v) is 14.9. The number of aliphatic carboxylic acids is 2. The van der Waals surface area contributed by atoms with Gasteiger partial charge in [-0.25, -0.2) is 9.59 Å². The molecule has 0 aliphatic rings. The standard InChI is InChI=1S/C22H38N4O9S4/c1-15(27)25-17(19(29)30)13-38-21(36)23-5-3-7-33-9-11-35-12-10-34-8-4-6-24-22(37)39-14-18(20(31)32)26-16(2)28/h17-18H,3-14H2,1-2H3,(H,23,36)(H,24,37)(H,25,27)(H,26,28)(H,29,30)(H,31,32)/t17-,18-/m0/s1. The Morgan fingerprint density at radius 2 is 1.00 bits per heavy atom. The van der Waals surface area contributed by atoms with E-state index in [1.807, 2.05) is 0 Å². The Morgan fingerprint density at radius 1 is 0.667 bits per heavy atom. The van der Waals surface area contributed by atoms with Crippen LogP contribution in [0.4, 0.5) is 0 Å². The minimum Gasteiger partial charge on any atom is -0.480 e. The van der Waals surface area contributed by atoms with E-state index in [1.54, 1.807) is 0 Å². The molecule has 0 unspecified atom stereocenters. The molecule has 0 aliphatic heterocycles. The van der Waals surface area contributed by atoms with Crippen molar-refractivity contribution in [3.8, 4) is 0 Å². The molecular weight excluding hydrogens is 593 g/mol. The average Bonchev–Trinajstić information content (AvgIpc) is 2.85. The third kappa shape index (κ3) is 23.8. The maximum atomic E-state index is 11.1. The molecule has 0 aromatic heterocycles. The number of hydrogen-bond acceptors (Lipinski definition) is 11. The van der Waals surface area contributed by atoms with Crippen molar-refractivity contribution in [2.24, 2.45) is 0 Å². The zero-order chi connectivity index (χ0) is 29.5. The molecule has 0 fully saturated rings. The highest BCUT2D eigenvalue weighted by Crippen LogP contribution is 2.06. The molecule has 0 aromatic carbocycles. The van der Waals surface area contributed by atoms with E-state index in [0.29, 0.717) is 74.2 Å². The van der Waals surface area contributed by atoms with Gasteiger partial charge in [0.05, 0.1) is 26.4 Å². The van der Waals surface area contributed by atoms with E-state index in [2.05, 4.69) is 21.3 Å². The smallest absolute Gasteiger partial charge is 0.327 e. The van der Waals surface area contributed by atoms with Crippen LogP contribution in [-0.4, -0.2) is 119 Å². The van der Waals surface area contributed by atoms with E-state index in [9.17, 15) is 19.2 Å². The summed E-state index contributed by atoms with van der Waals surface area (Å²) in [5.74, 6) is -2.75. The van der Waals surface area contributed by atoms with Gasteiger partial charge in [0.15, 0.2) is 0 Å². The molecule has 2 atom stereocenters. The van der Waals surface area contributed by atoms with Gasteiger partial charge in [-0.05, 0) is 12.8 Å².